The van der Waals surface area contributed by atoms with Crippen molar-refractivity contribution in [3.63, 3.8) is 0 Å². The van der Waals surface area contributed by atoms with Crippen LogP contribution in [0.4, 0.5) is 0 Å². The number of aryl methyl sites for hydroxylation is 1. The van der Waals surface area contributed by atoms with Crippen molar-refractivity contribution in [2.75, 3.05) is 13.6 Å². The van der Waals surface area contributed by atoms with Gasteiger partial charge in [0.1, 0.15) is 12.2 Å². The minimum absolute atomic E-state index is 0.138. The Morgan fingerprint density at radius 2 is 1.94 bits per heavy atom. The van der Waals surface area contributed by atoms with Crippen LogP contribution in [0.15, 0.2) is 41.3 Å². The first-order chi connectivity index (χ1) is 14.8. The van der Waals surface area contributed by atoms with Crippen LogP contribution in [0.25, 0.3) is 0 Å². The Balaban J connectivity index is 1.43. The lowest BCUT2D eigenvalue weighted by atomic mass is 9.51. The molecule has 1 saturated carbocycles. The molecule has 1 N–H and O–H groups in total. The number of nitrogens with zero attached hydrogens (tertiary/aromatic N) is 1. The first-order valence-corrected chi connectivity index (χ1v) is 12.4. The summed E-state index contributed by atoms with van der Waals surface area (Å²) in [6.45, 7) is 2.85. The summed E-state index contributed by atoms with van der Waals surface area (Å²) in [4.78, 5) is 2.60. The number of piperidine rings is 1. The SMILES string of the molecule is Cc1ccc(S(=O)(=O)O[C@H]2CC[C@H]3[C@H]4Cc5ccc(O)c6c5[C@@]3(CCN4C)[C@H]2O6)cc1. The molecule has 7 heteroatoms. The molecule has 2 bridgehead atoms. The van der Waals surface area contributed by atoms with E-state index in [9.17, 15) is 13.5 Å². The van der Waals surface area contributed by atoms with Crippen molar-refractivity contribution in [2.24, 2.45) is 5.92 Å². The van der Waals surface area contributed by atoms with Gasteiger partial charge in [-0.2, -0.15) is 8.42 Å². The molecule has 1 spiro atoms. The normalized spacial score (nSPS) is 33.6. The van der Waals surface area contributed by atoms with Crippen LogP contribution < -0.4 is 4.74 Å². The van der Waals surface area contributed by atoms with Crippen LogP contribution in [0.5, 0.6) is 11.5 Å². The molecule has 2 aromatic carbocycles. The average molecular weight is 442 g/mol. The maximum Gasteiger partial charge on any atom is 0.297 e. The maximum atomic E-state index is 13.1. The fourth-order valence-electron chi connectivity index (χ4n) is 6.71. The fourth-order valence-corrected chi connectivity index (χ4v) is 7.81. The van der Waals surface area contributed by atoms with Gasteiger partial charge in [0.15, 0.2) is 11.5 Å². The van der Waals surface area contributed by atoms with E-state index in [-0.39, 0.29) is 16.1 Å². The van der Waals surface area contributed by atoms with Crippen LogP contribution in [-0.2, 0) is 26.1 Å². The van der Waals surface area contributed by atoms with Gasteiger partial charge < -0.3 is 14.7 Å². The van der Waals surface area contributed by atoms with Gasteiger partial charge in [0.2, 0.25) is 0 Å². The molecule has 164 valence electrons. The minimum atomic E-state index is -3.92. The molecule has 1 saturated heterocycles. The van der Waals surface area contributed by atoms with E-state index in [0.29, 0.717) is 24.1 Å². The van der Waals surface area contributed by atoms with E-state index >= 15 is 0 Å². The molecule has 6 nitrogen and oxygen atoms in total. The number of likely N-dealkylation sites (tertiary alicyclic amines) is 1. The molecule has 6 rings (SSSR count). The molecule has 2 aliphatic heterocycles. The van der Waals surface area contributed by atoms with E-state index in [1.54, 1.807) is 30.3 Å². The number of phenolic OH excluding ortho intramolecular Hbond substituents is 1. The first-order valence-electron chi connectivity index (χ1n) is 11.0. The zero-order valence-corrected chi connectivity index (χ0v) is 18.6. The summed E-state index contributed by atoms with van der Waals surface area (Å²) in [6, 6.07) is 10.9. The van der Waals surface area contributed by atoms with E-state index in [1.807, 2.05) is 13.0 Å². The Morgan fingerprint density at radius 1 is 1.16 bits per heavy atom. The maximum absolute atomic E-state index is 13.1. The highest BCUT2D eigenvalue weighted by molar-refractivity contribution is 7.86. The van der Waals surface area contributed by atoms with E-state index in [1.165, 1.54) is 5.56 Å². The number of ether oxygens (including phenoxy) is 1. The van der Waals surface area contributed by atoms with Gasteiger partial charge in [0, 0.05) is 17.0 Å². The van der Waals surface area contributed by atoms with Gasteiger partial charge in [-0.15, -0.1) is 0 Å². The molecule has 2 heterocycles. The van der Waals surface area contributed by atoms with Gasteiger partial charge in [-0.1, -0.05) is 23.8 Å². The highest BCUT2D eigenvalue weighted by Crippen LogP contribution is 2.64. The first kappa shape index (κ1) is 19.6. The van der Waals surface area contributed by atoms with E-state index in [4.69, 9.17) is 8.92 Å². The van der Waals surface area contributed by atoms with Crippen molar-refractivity contribution >= 4 is 10.1 Å². The van der Waals surface area contributed by atoms with Gasteiger partial charge in [0.25, 0.3) is 10.1 Å². The molecular weight excluding hydrogens is 414 g/mol. The summed E-state index contributed by atoms with van der Waals surface area (Å²) >= 11 is 0. The summed E-state index contributed by atoms with van der Waals surface area (Å²) in [6.07, 6.45) is 2.33. The largest absolute Gasteiger partial charge is 0.504 e. The summed E-state index contributed by atoms with van der Waals surface area (Å²) in [7, 11) is -1.74. The summed E-state index contributed by atoms with van der Waals surface area (Å²) < 4.78 is 38.4. The third-order valence-corrected chi connectivity index (χ3v) is 9.45. The molecular formula is C24H27NO5S. The van der Waals surface area contributed by atoms with E-state index in [2.05, 4.69) is 11.9 Å². The highest BCUT2D eigenvalue weighted by atomic mass is 32.2. The quantitative estimate of drug-likeness (QED) is 0.738. The molecule has 31 heavy (non-hydrogen) atoms. The molecule has 4 aliphatic rings. The van der Waals surface area contributed by atoms with Crippen molar-refractivity contribution in [3.8, 4) is 11.5 Å². The molecule has 0 aromatic heterocycles. The minimum Gasteiger partial charge on any atom is -0.504 e. The highest BCUT2D eigenvalue weighted by Gasteiger charge is 2.66. The van der Waals surface area contributed by atoms with Gasteiger partial charge >= 0.3 is 0 Å². The lowest BCUT2D eigenvalue weighted by Gasteiger charge is -2.58. The molecule has 2 fully saturated rings. The smallest absolute Gasteiger partial charge is 0.297 e. The number of phenols is 1. The zero-order chi connectivity index (χ0) is 21.5. The van der Waals surface area contributed by atoms with Gasteiger partial charge in [0.05, 0.1) is 4.90 Å². The van der Waals surface area contributed by atoms with Crippen molar-refractivity contribution in [3.05, 3.63) is 53.1 Å². The standard InChI is InChI=1S/C24H27NO5S/c1-14-3-6-16(7-4-14)31(27,28)30-20-10-8-17-18-13-15-5-9-19(26)22-21(15)24(17,23(20)29-22)11-12-25(18)2/h3-7,9,17-18,20,23,26H,8,10-13H2,1-2H3/t17-,18+,20-,23-,24-/m0/s1. The van der Waals surface area contributed by atoms with Crippen molar-refractivity contribution in [2.45, 2.75) is 61.2 Å². The number of aromatic hydroxyl groups is 1. The Hall–Kier alpha value is -2.09. The van der Waals surface area contributed by atoms with Gasteiger partial charge in [-0.05, 0) is 75.9 Å². The monoisotopic (exact) mass is 441 g/mol. The predicted molar refractivity (Wildman–Crippen MR) is 115 cm³/mol. The number of benzene rings is 2. The van der Waals surface area contributed by atoms with Crippen LogP contribution in [0.3, 0.4) is 0 Å². The summed E-state index contributed by atoms with van der Waals surface area (Å²) in [5.74, 6) is 1.05. The van der Waals surface area contributed by atoms with Crippen LogP contribution in [0.1, 0.15) is 36.0 Å². The lowest BCUT2D eigenvalue weighted by molar-refractivity contribution is -0.0898. The Labute approximate surface area is 182 Å². The lowest BCUT2D eigenvalue weighted by Crippen LogP contribution is -2.66. The second-order valence-corrected chi connectivity index (χ2v) is 11.2. The van der Waals surface area contributed by atoms with Crippen molar-refractivity contribution in [1.29, 1.82) is 0 Å². The third kappa shape index (κ3) is 2.60. The summed E-state index contributed by atoms with van der Waals surface area (Å²) in [5.41, 5.74) is 3.01. The van der Waals surface area contributed by atoms with E-state index in [0.717, 1.165) is 36.9 Å². The van der Waals surface area contributed by atoms with Crippen molar-refractivity contribution < 1.29 is 22.4 Å². The van der Waals surface area contributed by atoms with Gasteiger partial charge in [-0.25, -0.2) is 0 Å². The van der Waals surface area contributed by atoms with Crippen LogP contribution in [-0.4, -0.2) is 50.3 Å². The number of likely N-dealkylation sites (N-methyl/N-ethyl adjacent to an activating group) is 1. The van der Waals surface area contributed by atoms with Crippen LogP contribution in [0.2, 0.25) is 0 Å². The van der Waals surface area contributed by atoms with Crippen LogP contribution >= 0.6 is 0 Å². The molecule has 0 unspecified atom stereocenters. The van der Waals surface area contributed by atoms with Crippen molar-refractivity contribution in [1.82, 2.24) is 4.90 Å². The van der Waals surface area contributed by atoms with Gasteiger partial charge in [-0.3, -0.25) is 4.18 Å². The Kier molecular flexibility index (Phi) is 4.08. The fraction of sp³-hybridized carbons (Fsp3) is 0.500. The molecule has 2 aliphatic carbocycles. The third-order valence-electron chi connectivity index (χ3n) is 8.10. The molecule has 5 atom stereocenters. The van der Waals surface area contributed by atoms with Crippen LogP contribution in [0, 0.1) is 12.8 Å². The average Bonchev–Trinajstić information content (AvgIpc) is 3.09. The molecule has 2 aromatic rings. The topological polar surface area (TPSA) is 76.1 Å². The Morgan fingerprint density at radius 3 is 2.71 bits per heavy atom. The zero-order valence-electron chi connectivity index (χ0n) is 17.7. The molecule has 0 amide bonds. The molecule has 0 radical (unpaired) electrons. The summed E-state index contributed by atoms with van der Waals surface area (Å²) in [5, 5.41) is 10.6. The second kappa shape index (κ2) is 6.47. The number of hydrogen-bond donors (Lipinski definition) is 1. The Bertz CT molecular complexity index is 1160. The number of hydrogen-bond acceptors (Lipinski definition) is 6. The second-order valence-electron chi connectivity index (χ2n) is 9.61. The predicted octanol–water partition coefficient (Wildman–Crippen LogP) is 3.14. The van der Waals surface area contributed by atoms with E-state index < -0.39 is 22.3 Å². The number of rotatable bonds is 3.